The van der Waals surface area contributed by atoms with E-state index in [1.165, 1.54) is 16.7 Å². The number of rotatable bonds is 2. The van der Waals surface area contributed by atoms with Crippen LogP contribution >= 0.6 is 0 Å². The predicted molar refractivity (Wildman–Crippen MR) is 77.0 cm³/mol. The lowest BCUT2D eigenvalue weighted by Crippen LogP contribution is -2.81. The van der Waals surface area contributed by atoms with E-state index in [0.29, 0.717) is 0 Å². The zero-order chi connectivity index (χ0) is 13.5. The molecule has 0 saturated heterocycles. The van der Waals surface area contributed by atoms with Gasteiger partial charge in [0.1, 0.15) is 6.54 Å². The van der Waals surface area contributed by atoms with E-state index in [-0.39, 0.29) is 0 Å². The van der Waals surface area contributed by atoms with Crippen molar-refractivity contribution in [3.63, 3.8) is 0 Å². The molecule has 5 nitrogen and oxygen atoms in total. The number of pyridine rings is 1. The van der Waals surface area contributed by atoms with Crippen LogP contribution in [0.5, 0.6) is 0 Å². The molecule has 0 saturated carbocycles. The normalized spacial score (nSPS) is 14.9. The molecule has 0 unspecified atom stereocenters. The van der Waals surface area contributed by atoms with Gasteiger partial charge >= 0.3 is 0 Å². The second kappa shape index (κ2) is 4.31. The zero-order valence-corrected chi connectivity index (χ0v) is 11.3. The predicted octanol–water partition coefficient (Wildman–Crippen LogP) is 0.695. The maximum atomic E-state index is 4.49. The summed E-state index contributed by atoms with van der Waals surface area (Å²) in [6, 6.07) is 4.28. The monoisotopic (exact) mass is 266 g/mol. The smallest absolute Gasteiger partial charge is 0.102 e. The van der Waals surface area contributed by atoms with Gasteiger partial charge in [-0.1, -0.05) is 6.07 Å². The molecule has 0 bridgehead atoms. The molecular formula is C15H16N5+. The van der Waals surface area contributed by atoms with Crippen LogP contribution in [0, 0.1) is 0 Å². The van der Waals surface area contributed by atoms with Crippen LogP contribution in [0.4, 0.5) is 0 Å². The standard InChI is InChI=1S/C15H15N5/c1-19-9-13(7-17-19)12-2-3-15-14(8-18-20(15)10-12)11-4-5-16-6-11/h2-4,7-10,16H,5-6H2,1H3/p+1. The molecule has 0 radical (unpaired) electrons. The molecule has 100 valence electrons. The molecule has 4 heterocycles. The van der Waals surface area contributed by atoms with Gasteiger partial charge in [-0.2, -0.15) is 10.2 Å². The number of quaternary nitrogens is 1. The minimum absolute atomic E-state index is 1.05. The van der Waals surface area contributed by atoms with E-state index in [1.807, 2.05) is 34.8 Å². The molecule has 1 aliphatic rings. The molecule has 1 aliphatic heterocycles. The molecule has 4 rings (SSSR count). The Labute approximate surface area is 116 Å². The Balaban J connectivity index is 1.81. The van der Waals surface area contributed by atoms with Crippen LogP contribution in [-0.2, 0) is 7.05 Å². The molecule has 0 spiro atoms. The first-order chi connectivity index (χ1) is 9.81. The number of aromatic nitrogens is 4. The van der Waals surface area contributed by atoms with E-state index in [1.54, 1.807) is 0 Å². The Kier molecular flexibility index (Phi) is 2.47. The first-order valence-electron chi connectivity index (χ1n) is 6.79. The number of hydrogen-bond acceptors (Lipinski definition) is 2. The third kappa shape index (κ3) is 1.75. The third-order valence-corrected chi connectivity index (χ3v) is 3.80. The molecule has 3 aromatic heterocycles. The van der Waals surface area contributed by atoms with Gasteiger partial charge in [0.05, 0.1) is 24.5 Å². The van der Waals surface area contributed by atoms with Gasteiger partial charge in [0, 0.05) is 41.7 Å². The number of nitrogens with two attached hydrogens (primary N) is 1. The van der Waals surface area contributed by atoms with Crippen LogP contribution in [0.2, 0.25) is 0 Å². The highest BCUT2D eigenvalue weighted by Gasteiger charge is 2.14. The van der Waals surface area contributed by atoms with Crippen molar-refractivity contribution in [2.75, 3.05) is 13.1 Å². The van der Waals surface area contributed by atoms with E-state index in [0.717, 1.165) is 24.2 Å². The quantitative estimate of drug-likeness (QED) is 0.742. The van der Waals surface area contributed by atoms with Crippen LogP contribution in [0.3, 0.4) is 0 Å². The Morgan fingerprint density at radius 2 is 2.05 bits per heavy atom. The molecular weight excluding hydrogens is 250 g/mol. The highest BCUT2D eigenvalue weighted by molar-refractivity contribution is 5.80. The number of hydrogen-bond donors (Lipinski definition) is 1. The molecule has 0 aromatic carbocycles. The highest BCUT2D eigenvalue weighted by Crippen LogP contribution is 2.24. The molecule has 2 N–H and O–H groups in total. The summed E-state index contributed by atoms with van der Waals surface area (Å²) in [5.41, 5.74) is 6.04. The number of aryl methyl sites for hydroxylation is 1. The minimum Gasteiger partial charge on any atom is -0.339 e. The van der Waals surface area contributed by atoms with Gasteiger partial charge in [-0.3, -0.25) is 4.68 Å². The summed E-state index contributed by atoms with van der Waals surface area (Å²) in [5.74, 6) is 0. The van der Waals surface area contributed by atoms with E-state index < -0.39 is 0 Å². The van der Waals surface area contributed by atoms with Crippen molar-refractivity contribution in [1.29, 1.82) is 0 Å². The van der Waals surface area contributed by atoms with Crippen molar-refractivity contribution < 1.29 is 5.32 Å². The summed E-state index contributed by atoms with van der Waals surface area (Å²) in [6.45, 7) is 2.12. The Bertz CT molecular complexity index is 809. The van der Waals surface area contributed by atoms with Crippen molar-refractivity contribution in [2.45, 2.75) is 0 Å². The van der Waals surface area contributed by atoms with Crippen LogP contribution < -0.4 is 5.32 Å². The van der Waals surface area contributed by atoms with Gasteiger partial charge in [-0.05, 0) is 12.1 Å². The van der Waals surface area contributed by atoms with Crippen LogP contribution in [0.15, 0.2) is 43.0 Å². The van der Waals surface area contributed by atoms with Gasteiger partial charge in [0.25, 0.3) is 0 Å². The van der Waals surface area contributed by atoms with E-state index >= 15 is 0 Å². The summed E-state index contributed by atoms with van der Waals surface area (Å²) >= 11 is 0. The van der Waals surface area contributed by atoms with E-state index in [2.05, 4.69) is 39.9 Å². The van der Waals surface area contributed by atoms with Crippen LogP contribution in [0.25, 0.3) is 22.2 Å². The topological polar surface area (TPSA) is 51.7 Å². The molecule has 0 aliphatic carbocycles. The summed E-state index contributed by atoms with van der Waals surface area (Å²) in [7, 11) is 1.93. The van der Waals surface area contributed by atoms with Gasteiger partial charge in [0.15, 0.2) is 0 Å². The summed E-state index contributed by atoms with van der Waals surface area (Å²) in [5, 5.41) is 11.0. The molecule has 5 heteroatoms. The maximum absolute atomic E-state index is 4.49. The number of fused-ring (bicyclic) bond motifs is 1. The van der Waals surface area contributed by atoms with Crippen molar-refractivity contribution in [3.05, 3.63) is 48.6 Å². The second-order valence-corrected chi connectivity index (χ2v) is 5.17. The summed E-state index contributed by atoms with van der Waals surface area (Å²) in [4.78, 5) is 0. The minimum atomic E-state index is 1.05. The molecule has 20 heavy (non-hydrogen) atoms. The first-order valence-corrected chi connectivity index (χ1v) is 6.79. The van der Waals surface area contributed by atoms with E-state index in [4.69, 9.17) is 0 Å². The molecule has 0 atom stereocenters. The Morgan fingerprint density at radius 1 is 1.10 bits per heavy atom. The second-order valence-electron chi connectivity index (χ2n) is 5.17. The molecule has 3 aromatic rings. The first kappa shape index (κ1) is 11.4. The van der Waals surface area contributed by atoms with Crippen molar-refractivity contribution in [2.24, 2.45) is 7.05 Å². The average Bonchev–Trinajstić information content (AvgIpc) is 3.17. The lowest BCUT2D eigenvalue weighted by Gasteiger charge is -2.01. The fourth-order valence-electron chi connectivity index (χ4n) is 2.74. The molecule has 0 fully saturated rings. The Morgan fingerprint density at radius 3 is 2.80 bits per heavy atom. The lowest BCUT2D eigenvalue weighted by molar-refractivity contribution is -0.628. The fraction of sp³-hybridized carbons (Fsp3) is 0.200. The summed E-state index contributed by atoms with van der Waals surface area (Å²) < 4.78 is 3.77. The Hall–Kier alpha value is -2.40. The van der Waals surface area contributed by atoms with Crippen molar-refractivity contribution in [3.8, 4) is 11.1 Å². The zero-order valence-electron chi connectivity index (χ0n) is 11.3. The van der Waals surface area contributed by atoms with Gasteiger partial charge in [0.2, 0.25) is 0 Å². The van der Waals surface area contributed by atoms with Gasteiger partial charge < -0.3 is 5.32 Å². The van der Waals surface area contributed by atoms with Crippen LogP contribution in [0.1, 0.15) is 5.56 Å². The van der Waals surface area contributed by atoms with Gasteiger partial charge in [-0.15, -0.1) is 0 Å². The largest absolute Gasteiger partial charge is 0.339 e. The van der Waals surface area contributed by atoms with Crippen molar-refractivity contribution >= 4 is 11.1 Å². The molecule has 0 amide bonds. The SMILES string of the molecule is Cn1cc(-c2ccc3c(C4=CC[NH2+]C4)cnn3c2)cn1. The van der Waals surface area contributed by atoms with Crippen LogP contribution in [-0.4, -0.2) is 32.5 Å². The number of nitrogens with zero attached hydrogens (tertiary/aromatic N) is 4. The summed E-state index contributed by atoms with van der Waals surface area (Å²) in [6.07, 6.45) is 10.2. The van der Waals surface area contributed by atoms with Gasteiger partial charge in [-0.25, -0.2) is 4.52 Å². The third-order valence-electron chi connectivity index (χ3n) is 3.80. The maximum Gasteiger partial charge on any atom is 0.102 e. The van der Waals surface area contributed by atoms with Crippen molar-refractivity contribution in [1.82, 2.24) is 19.4 Å². The lowest BCUT2D eigenvalue weighted by atomic mass is 10.1. The van der Waals surface area contributed by atoms with E-state index in [9.17, 15) is 0 Å². The average molecular weight is 266 g/mol. The highest BCUT2D eigenvalue weighted by atomic mass is 15.2. The fourth-order valence-corrected chi connectivity index (χ4v) is 2.74.